The first-order valence-electron chi connectivity index (χ1n) is 6.46. The summed E-state index contributed by atoms with van der Waals surface area (Å²) in [5.41, 5.74) is 1.25. The van der Waals surface area contributed by atoms with Gasteiger partial charge in [-0.1, -0.05) is 30.3 Å². The molecule has 0 aliphatic rings. The highest BCUT2D eigenvalue weighted by atomic mass is 15.1. The van der Waals surface area contributed by atoms with Crippen LogP contribution >= 0.6 is 0 Å². The number of rotatable bonds is 5. The number of anilines is 1. The van der Waals surface area contributed by atoms with Gasteiger partial charge in [0.05, 0.1) is 6.54 Å². The zero-order chi connectivity index (χ0) is 13.6. The molecule has 1 N–H and O–H groups in total. The standard InChI is InChI=1S/C15H15N5/c1-2-5-13(6-3-1)12-20-10-9-16-14(20)11-19-15-17-7-4-8-18-15/h1-10H,11-12H2,(H,17,18,19). The van der Waals surface area contributed by atoms with E-state index >= 15 is 0 Å². The van der Waals surface area contributed by atoms with Gasteiger partial charge >= 0.3 is 0 Å². The van der Waals surface area contributed by atoms with Gasteiger partial charge in [-0.05, 0) is 11.6 Å². The van der Waals surface area contributed by atoms with Crippen LogP contribution in [0, 0.1) is 0 Å². The van der Waals surface area contributed by atoms with E-state index in [2.05, 4.69) is 37.0 Å². The molecule has 0 atom stereocenters. The molecule has 1 aromatic carbocycles. The van der Waals surface area contributed by atoms with E-state index in [1.165, 1.54) is 5.56 Å². The molecule has 100 valence electrons. The number of hydrogen-bond acceptors (Lipinski definition) is 4. The van der Waals surface area contributed by atoms with E-state index < -0.39 is 0 Å². The van der Waals surface area contributed by atoms with Crippen molar-refractivity contribution in [3.05, 3.63) is 72.6 Å². The Bertz CT molecular complexity index is 648. The minimum Gasteiger partial charge on any atom is -0.347 e. The van der Waals surface area contributed by atoms with Crippen molar-refractivity contribution < 1.29 is 0 Å². The van der Waals surface area contributed by atoms with Crippen molar-refractivity contribution in [2.45, 2.75) is 13.1 Å². The lowest BCUT2D eigenvalue weighted by Gasteiger charge is -2.08. The second-order valence-corrected chi connectivity index (χ2v) is 4.38. The van der Waals surface area contributed by atoms with Gasteiger partial charge < -0.3 is 9.88 Å². The molecule has 0 fully saturated rings. The van der Waals surface area contributed by atoms with Crippen LogP contribution in [0.3, 0.4) is 0 Å². The Balaban J connectivity index is 1.68. The van der Waals surface area contributed by atoms with Crippen LogP contribution in [0.4, 0.5) is 5.95 Å². The van der Waals surface area contributed by atoms with Gasteiger partial charge in [0, 0.05) is 31.3 Å². The average molecular weight is 265 g/mol. The summed E-state index contributed by atoms with van der Waals surface area (Å²) in [5.74, 6) is 1.57. The molecule has 3 rings (SSSR count). The summed E-state index contributed by atoms with van der Waals surface area (Å²) < 4.78 is 2.12. The molecule has 5 heteroatoms. The summed E-state index contributed by atoms with van der Waals surface area (Å²) in [6.07, 6.45) is 7.22. The number of nitrogens with one attached hydrogen (secondary N) is 1. The number of nitrogens with zero attached hydrogens (tertiary/aromatic N) is 4. The second-order valence-electron chi connectivity index (χ2n) is 4.38. The Morgan fingerprint density at radius 1 is 0.900 bits per heavy atom. The van der Waals surface area contributed by atoms with Gasteiger partial charge in [0.15, 0.2) is 0 Å². The SMILES string of the molecule is c1ccc(Cn2ccnc2CNc2ncccn2)cc1. The van der Waals surface area contributed by atoms with Gasteiger partial charge in [-0.15, -0.1) is 0 Å². The van der Waals surface area contributed by atoms with Crippen LogP contribution in [0.15, 0.2) is 61.2 Å². The van der Waals surface area contributed by atoms with Crippen LogP contribution < -0.4 is 5.32 Å². The molecule has 0 bridgehead atoms. The maximum Gasteiger partial charge on any atom is 0.222 e. The topological polar surface area (TPSA) is 55.6 Å². The average Bonchev–Trinajstić information content (AvgIpc) is 2.94. The Kier molecular flexibility index (Phi) is 3.68. The highest BCUT2D eigenvalue weighted by molar-refractivity contribution is 5.23. The van der Waals surface area contributed by atoms with Crippen molar-refractivity contribution in [3.63, 3.8) is 0 Å². The zero-order valence-electron chi connectivity index (χ0n) is 11.0. The van der Waals surface area contributed by atoms with E-state index in [4.69, 9.17) is 0 Å². The third kappa shape index (κ3) is 3.00. The predicted molar refractivity (Wildman–Crippen MR) is 77.1 cm³/mol. The molecule has 0 saturated heterocycles. The lowest BCUT2D eigenvalue weighted by Crippen LogP contribution is -2.10. The first-order valence-corrected chi connectivity index (χ1v) is 6.46. The summed E-state index contributed by atoms with van der Waals surface area (Å²) in [7, 11) is 0. The maximum absolute atomic E-state index is 4.37. The minimum atomic E-state index is 0.601. The second kappa shape index (κ2) is 5.97. The molecule has 2 heterocycles. The Morgan fingerprint density at radius 2 is 1.70 bits per heavy atom. The first kappa shape index (κ1) is 12.3. The van der Waals surface area contributed by atoms with Gasteiger partial charge in [0.25, 0.3) is 0 Å². The van der Waals surface area contributed by atoms with Crippen LogP contribution in [0.2, 0.25) is 0 Å². The van der Waals surface area contributed by atoms with Crippen molar-refractivity contribution in [3.8, 4) is 0 Å². The Morgan fingerprint density at radius 3 is 2.50 bits per heavy atom. The fourth-order valence-corrected chi connectivity index (χ4v) is 1.98. The molecular weight excluding hydrogens is 250 g/mol. The van der Waals surface area contributed by atoms with Crippen molar-refractivity contribution >= 4 is 5.95 Å². The fourth-order valence-electron chi connectivity index (χ4n) is 1.98. The lowest BCUT2D eigenvalue weighted by atomic mass is 10.2. The predicted octanol–water partition coefficient (Wildman–Crippen LogP) is 2.33. The number of hydrogen-bond donors (Lipinski definition) is 1. The van der Waals surface area contributed by atoms with E-state index in [0.717, 1.165) is 12.4 Å². The molecule has 20 heavy (non-hydrogen) atoms. The monoisotopic (exact) mass is 265 g/mol. The molecule has 0 aliphatic heterocycles. The van der Waals surface area contributed by atoms with Gasteiger partial charge in [-0.2, -0.15) is 0 Å². The van der Waals surface area contributed by atoms with Crippen molar-refractivity contribution in [2.75, 3.05) is 5.32 Å². The third-order valence-electron chi connectivity index (χ3n) is 2.97. The molecule has 3 aromatic rings. The molecule has 0 saturated carbocycles. The first-order chi connectivity index (χ1) is 9.92. The van der Waals surface area contributed by atoms with Crippen molar-refractivity contribution in [1.29, 1.82) is 0 Å². The van der Waals surface area contributed by atoms with E-state index in [1.54, 1.807) is 18.5 Å². The minimum absolute atomic E-state index is 0.601. The number of aromatic nitrogens is 4. The molecule has 0 radical (unpaired) electrons. The summed E-state index contributed by atoms with van der Waals surface area (Å²) in [4.78, 5) is 12.6. The highest BCUT2D eigenvalue weighted by Crippen LogP contribution is 2.07. The summed E-state index contributed by atoms with van der Waals surface area (Å²) in [6.45, 7) is 1.41. The Hall–Kier alpha value is -2.69. The molecule has 0 aliphatic carbocycles. The lowest BCUT2D eigenvalue weighted by molar-refractivity contribution is 0.733. The van der Waals surface area contributed by atoms with Gasteiger partial charge in [-0.25, -0.2) is 15.0 Å². The number of benzene rings is 1. The van der Waals surface area contributed by atoms with Gasteiger partial charge in [-0.3, -0.25) is 0 Å². The molecule has 5 nitrogen and oxygen atoms in total. The fraction of sp³-hybridized carbons (Fsp3) is 0.133. The van der Waals surface area contributed by atoms with E-state index in [0.29, 0.717) is 12.5 Å². The summed E-state index contributed by atoms with van der Waals surface area (Å²) in [6, 6.07) is 12.1. The van der Waals surface area contributed by atoms with Crippen LogP contribution in [-0.4, -0.2) is 19.5 Å². The van der Waals surface area contributed by atoms with Crippen LogP contribution in [0.25, 0.3) is 0 Å². The summed E-state index contributed by atoms with van der Waals surface area (Å²) >= 11 is 0. The third-order valence-corrected chi connectivity index (χ3v) is 2.97. The van der Waals surface area contributed by atoms with Crippen LogP contribution in [0.1, 0.15) is 11.4 Å². The Labute approximate surface area is 117 Å². The van der Waals surface area contributed by atoms with Gasteiger partial charge in [0.2, 0.25) is 5.95 Å². The highest BCUT2D eigenvalue weighted by Gasteiger charge is 2.04. The molecular formula is C15H15N5. The molecule has 2 aromatic heterocycles. The smallest absolute Gasteiger partial charge is 0.222 e. The largest absolute Gasteiger partial charge is 0.347 e. The zero-order valence-corrected chi connectivity index (χ0v) is 11.0. The van der Waals surface area contributed by atoms with Crippen molar-refractivity contribution in [1.82, 2.24) is 19.5 Å². The quantitative estimate of drug-likeness (QED) is 0.769. The number of imidazole rings is 1. The van der Waals surface area contributed by atoms with Crippen LogP contribution in [-0.2, 0) is 13.1 Å². The summed E-state index contributed by atoms with van der Waals surface area (Å²) in [5, 5.41) is 3.17. The van der Waals surface area contributed by atoms with E-state index in [1.807, 2.05) is 30.6 Å². The maximum atomic E-state index is 4.37. The molecule has 0 spiro atoms. The molecule has 0 unspecified atom stereocenters. The van der Waals surface area contributed by atoms with Crippen molar-refractivity contribution in [2.24, 2.45) is 0 Å². The normalized spacial score (nSPS) is 10.4. The molecule has 0 amide bonds. The van der Waals surface area contributed by atoms with Gasteiger partial charge in [0.1, 0.15) is 5.82 Å². The van der Waals surface area contributed by atoms with Crippen LogP contribution in [0.5, 0.6) is 0 Å². The van der Waals surface area contributed by atoms with E-state index in [9.17, 15) is 0 Å². The van der Waals surface area contributed by atoms with E-state index in [-0.39, 0.29) is 0 Å².